The van der Waals surface area contributed by atoms with Gasteiger partial charge in [-0.3, -0.25) is 19.1 Å². The van der Waals surface area contributed by atoms with Crippen molar-refractivity contribution in [1.29, 1.82) is 0 Å². The van der Waals surface area contributed by atoms with Gasteiger partial charge >= 0.3 is 0 Å². The van der Waals surface area contributed by atoms with E-state index in [1.54, 1.807) is 18.2 Å². The van der Waals surface area contributed by atoms with Crippen LogP contribution in [-0.4, -0.2) is 51.2 Å². The molecule has 0 aliphatic carbocycles. The van der Waals surface area contributed by atoms with Crippen LogP contribution in [0.25, 0.3) is 10.9 Å². The largest absolute Gasteiger partial charge is 0.364 e. The van der Waals surface area contributed by atoms with Gasteiger partial charge in [0, 0.05) is 23.9 Å². The highest BCUT2D eigenvalue weighted by atomic mass is 35.5. The van der Waals surface area contributed by atoms with Crippen LogP contribution >= 0.6 is 11.6 Å². The zero-order chi connectivity index (χ0) is 25.4. The van der Waals surface area contributed by atoms with E-state index in [0.717, 1.165) is 16.0 Å². The highest BCUT2D eigenvalue weighted by Gasteiger charge is 2.40. The van der Waals surface area contributed by atoms with Crippen LogP contribution < -0.4 is 11.1 Å². The van der Waals surface area contributed by atoms with Crippen molar-refractivity contribution >= 4 is 40.2 Å². The molecule has 2 aromatic carbocycles. The van der Waals surface area contributed by atoms with Gasteiger partial charge in [-0.1, -0.05) is 23.7 Å². The Morgan fingerprint density at radius 1 is 1.23 bits per heavy atom. The second-order valence-corrected chi connectivity index (χ2v) is 9.06. The molecule has 2 heterocycles. The van der Waals surface area contributed by atoms with Gasteiger partial charge in [0.15, 0.2) is 5.69 Å². The third-order valence-corrected chi connectivity index (χ3v) is 6.53. The predicted octanol–water partition coefficient (Wildman–Crippen LogP) is 2.80. The fraction of sp³-hybridized carbons (Fsp3) is 0.333. The molecule has 0 saturated carbocycles. The average molecular weight is 504 g/mol. The van der Waals surface area contributed by atoms with Crippen LogP contribution in [0.5, 0.6) is 0 Å². The van der Waals surface area contributed by atoms with Gasteiger partial charge < -0.3 is 16.0 Å². The lowest BCUT2D eigenvalue weighted by atomic mass is 10.1. The van der Waals surface area contributed by atoms with Crippen LogP contribution in [0.1, 0.15) is 33.6 Å². The number of likely N-dealkylation sites (tertiary alicyclic amines) is 1. The summed E-state index contributed by atoms with van der Waals surface area (Å²) in [5.41, 5.74) is 8.06. The van der Waals surface area contributed by atoms with Crippen molar-refractivity contribution in [2.75, 3.05) is 6.54 Å². The van der Waals surface area contributed by atoms with E-state index in [1.165, 1.54) is 16.8 Å². The van der Waals surface area contributed by atoms with Crippen molar-refractivity contribution in [3.63, 3.8) is 0 Å². The minimum absolute atomic E-state index is 0.0264. The highest BCUT2D eigenvalue weighted by molar-refractivity contribution is 6.30. The average Bonchev–Trinajstić information content (AvgIpc) is 3.36. The molecule has 2 atom stereocenters. The van der Waals surface area contributed by atoms with Crippen molar-refractivity contribution in [1.82, 2.24) is 20.0 Å². The van der Waals surface area contributed by atoms with Gasteiger partial charge in [0.25, 0.3) is 5.91 Å². The summed E-state index contributed by atoms with van der Waals surface area (Å²) in [4.78, 5) is 39.0. The first-order chi connectivity index (χ1) is 16.6. The third-order valence-electron chi connectivity index (χ3n) is 6.24. The lowest BCUT2D eigenvalue weighted by molar-refractivity contribution is -0.139. The minimum Gasteiger partial charge on any atom is -0.364 e. The van der Waals surface area contributed by atoms with Gasteiger partial charge in [-0.25, -0.2) is 8.78 Å². The van der Waals surface area contributed by atoms with E-state index in [1.807, 2.05) is 13.8 Å². The van der Waals surface area contributed by atoms with Crippen molar-refractivity contribution < 1.29 is 23.2 Å². The van der Waals surface area contributed by atoms with Crippen molar-refractivity contribution in [2.45, 2.75) is 45.6 Å². The number of nitrogens with two attached hydrogens (primary N) is 1. The van der Waals surface area contributed by atoms with Crippen LogP contribution in [0.2, 0.25) is 5.02 Å². The fourth-order valence-electron chi connectivity index (χ4n) is 4.25. The van der Waals surface area contributed by atoms with Crippen molar-refractivity contribution in [2.24, 2.45) is 5.73 Å². The van der Waals surface area contributed by atoms with Crippen LogP contribution in [0.4, 0.5) is 8.78 Å². The summed E-state index contributed by atoms with van der Waals surface area (Å²) < 4.78 is 29.8. The van der Waals surface area contributed by atoms with Gasteiger partial charge in [-0.2, -0.15) is 5.10 Å². The van der Waals surface area contributed by atoms with E-state index in [4.69, 9.17) is 17.3 Å². The van der Waals surface area contributed by atoms with E-state index < -0.39 is 35.8 Å². The molecule has 3 aromatic rings. The number of amides is 3. The summed E-state index contributed by atoms with van der Waals surface area (Å²) in [6, 6.07) is 6.91. The summed E-state index contributed by atoms with van der Waals surface area (Å²) >= 11 is 5.77. The number of nitrogens with one attached hydrogen (secondary N) is 1. The molecule has 0 spiro atoms. The normalized spacial score (nSPS) is 17.7. The number of benzene rings is 2. The zero-order valence-electron chi connectivity index (χ0n) is 19.1. The highest BCUT2D eigenvalue weighted by Crippen LogP contribution is 2.25. The maximum atomic E-state index is 14.3. The fourth-order valence-corrected chi connectivity index (χ4v) is 4.44. The van der Waals surface area contributed by atoms with Crippen LogP contribution in [-0.2, 0) is 22.7 Å². The number of carbonyl (C=O) groups is 3. The lowest BCUT2D eigenvalue weighted by Gasteiger charge is -2.24. The van der Waals surface area contributed by atoms with Gasteiger partial charge in [0.1, 0.15) is 24.6 Å². The summed E-state index contributed by atoms with van der Waals surface area (Å²) in [6.45, 7) is 3.03. The second-order valence-electron chi connectivity index (χ2n) is 8.65. The second kappa shape index (κ2) is 9.61. The number of halogens is 3. The quantitative estimate of drug-likeness (QED) is 0.539. The molecule has 3 amide bonds. The Morgan fingerprint density at radius 3 is 2.66 bits per heavy atom. The summed E-state index contributed by atoms with van der Waals surface area (Å²) in [5.74, 6) is -2.54. The number of hydrogen-bond acceptors (Lipinski definition) is 4. The van der Waals surface area contributed by atoms with Gasteiger partial charge in [0.2, 0.25) is 11.8 Å². The SMILES string of the molecule is Cc1cc2c(C(N)=O)nn(CC(=O)N3C[C@H](F)C[C@H]3C(=O)NCc3cccc(Cl)c3F)c2cc1C. The Bertz CT molecular complexity index is 1340. The summed E-state index contributed by atoms with van der Waals surface area (Å²) in [6.07, 6.45) is -1.57. The topological polar surface area (TPSA) is 110 Å². The van der Waals surface area contributed by atoms with E-state index in [9.17, 15) is 23.2 Å². The van der Waals surface area contributed by atoms with Gasteiger partial charge in [-0.05, 0) is 43.2 Å². The standard InChI is InChI=1S/C24H24ClF2N5O3/c1-12-6-16-18(7-13(12)2)32(30-22(16)23(28)34)11-20(33)31-10-15(26)8-19(31)24(35)29-9-14-4-3-5-17(25)21(14)27/h3-7,15,19H,8-11H2,1-2H3,(H2,28,34)(H,29,35)/t15-,19+/m1/s1. The van der Waals surface area contributed by atoms with Crippen LogP contribution in [0.3, 0.4) is 0 Å². The van der Waals surface area contributed by atoms with Gasteiger partial charge in [0.05, 0.1) is 17.1 Å². The number of alkyl halides is 1. The number of fused-ring (bicyclic) bond motifs is 1. The van der Waals surface area contributed by atoms with Crippen molar-refractivity contribution in [3.05, 3.63) is 63.6 Å². The van der Waals surface area contributed by atoms with E-state index in [2.05, 4.69) is 10.4 Å². The Hall–Kier alpha value is -3.53. The Balaban J connectivity index is 1.54. The molecule has 184 valence electrons. The van der Waals surface area contributed by atoms with Gasteiger partial charge in [-0.15, -0.1) is 0 Å². The van der Waals surface area contributed by atoms with E-state index in [0.29, 0.717) is 10.9 Å². The Labute approximate surface area is 205 Å². The molecule has 11 heteroatoms. The first-order valence-electron chi connectivity index (χ1n) is 11.0. The molecule has 1 aromatic heterocycles. The maximum absolute atomic E-state index is 14.3. The first-order valence-corrected chi connectivity index (χ1v) is 11.4. The smallest absolute Gasteiger partial charge is 0.269 e. The number of rotatable bonds is 6. The lowest BCUT2D eigenvalue weighted by Crippen LogP contribution is -2.46. The number of hydrogen-bond donors (Lipinski definition) is 2. The van der Waals surface area contributed by atoms with Crippen LogP contribution in [0.15, 0.2) is 30.3 Å². The number of aryl methyl sites for hydroxylation is 2. The Kier molecular flexibility index (Phi) is 6.75. The number of nitrogens with zero attached hydrogens (tertiary/aromatic N) is 3. The third kappa shape index (κ3) is 4.84. The molecule has 0 radical (unpaired) electrons. The monoisotopic (exact) mass is 503 g/mol. The molecule has 8 nitrogen and oxygen atoms in total. The van der Waals surface area contributed by atoms with Crippen LogP contribution in [0, 0.1) is 19.7 Å². The summed E-state index contributed by atoms with van der Waals surface area (Å²) in [5, 5.41) is 7.20. The molecule has 35 heavy (non-hydrogen) atoms. The Morgan fingerprint density at radius 2 is 1.94 bits per heavy atom. The predicted molar refractivity (Wildman–Crippen MR) is 126 cm³/mol. The molecule has 3 N–H and O–H groups in total. The molecule has 1 aliphatic rings. The van der Waals surface area contributed by atoms with E-state index >= 15 is 0 Å². The zero-order valence-corrected chi connectivity index (χ0v) is 19.9. The first kappa shape index (κ1) is 24.6. The molecule has 4 rings (SSSR count). The van der Waals surface area contributed by atoms with E-state index in [-0.39, 0.29) is 42.3 Å². The number of carbonyl (C=O) groups excluding carboxylic acids is 3. The molecule has 1 aliphatic heterocycles. The molecular weight excluding hydrogens is 480 g/mol. The molecular formula is C24H24ClF2N5O3. The maximum Gasteiger partial charge on any atom is 0.269 e. The minimum atomic E-state index is -1.39. The molecule has 0 bridgehead atoms. The van der Waals surface area contributed by atoms with Crippen molar-refractivity contribution in [3.8, 4) is 0 Å². The summed E-state index contributed by atoms with van der Waals surface area (Å²) in [7, 11) is 0. The number of aromatic nitrogens is 2. The molecule has 1 fully saturated rings. The molecule has 0 unspecified atom stereocenters. The number of primary amides is 1. The molecule has 1 saturated heterocycles.